The van der Waals surface area contributed by atoms with E-state index in [0.717, 1.165) is 20.3 Å². The number of halogens is 3. The standard InChI is InChI=1S/C25H18BrClINO4/c1-2-31-22-13-16(11-20(26)23(22)32-14-15-3-7-18(27)8-4-15)12-21-25(30)33-24(29-21)17-5-9-19(28)10-6-17/h3-13H,2,14H2,1H3/b21-12-. The third kappa shape index (κ3) is 5.96. The van der Waals surface area contributed by atoms with E-state index >= 15 is 0 Å². The van der Waals surface area contributed by atoms with E-state index in [1.807, 2.05) is 67.6 Å². The van der Waals surface area contributed by atoms with Crippen molar-refractivity contribution in [2.24, 2.45) is 4.99 Å². The Balaban J connectivity index is 1.60. The quantitative estimate of drug-likeness (QED) is 0.159. The molecule has 0 fully saturated rings. The number of hydrogen-bond acceptors (Lipinski definition) is 5. The van der Waals surface area contributed by atoms with Gasteiger partial charge in [0.25, 0.3) is 0 Å². The monoisotopic (exact) mass is 637 g/mol. The van der Waals surface area contributed by atoms with E-state index in [-0.39, 0.29) is 11.6 Å². The minimum absolute atomic E-state index is 0.215. The van der Waals surface area contributed by atoms with Crippen LogP contribution in [0.2, 0.25) is 5.02 Å². The summed E-state index contributed by atoms with van der Waals surface area (Å²) in [6.07, 6.45) is 1.66. The average Bonchev–Trinajstić information content (AvgIpc) is 3.15. The zero-order chi connectivity index (χ0) is 23.4. The van der Waals surface area contributed by atoms with Crippen LogP contribution in [0.25, 0.3) is 6.08 Å². The van der Waals surface area contributed by atoms with E-state index in [1.54, 1.807) is 6.08 Å². The van der Waals surface area contributed by atoms with Gasteiger partial charge < -0.3 is 14.2 Å². The predicted octanol–water partition coefficient (Wildman–Crippen LogP) is 7.03. The maximum Gasteiger partial charge on any atom is 0.363 e. The number of aliphatic imine (C=N–C) groups is 1. The molecule has 3 aromatic carbocycles. The van der Waals surface area contributed by atoms with E-state index in [4.69, 9.17) is 25.8 Å². The highest BCUT2D eigenvalue weighted by molar-refractivity contribution is 14.1. The molecular formula is C25H18BrClINO4. The summed E-state index contributed by atoms with van der Waals surface area (Å²) in [6, 6.07) is 18.7. The Labute approximate surface area is 218 Å². The number of rotatable bonds is 7. The van der Waals surface area contributed by atoms with E-state index in [0.29, 0.717) is 34.2 Å². The van der Waals surface area contributed by atoms with Gasteiger partial charge >= 0.3 is 5.97 Å². The molecule has 0 spiro atoms. The normalized spacial score (nSPS) is 14.2. The SMILES string of the molecule is CCOc1cc(/C=C2\N=C(c3ccc(I)cc3)OC2=O)cc(Br)c1OCc1ccc(Cl)cc1. The zero-order valence-electron chi connectivity index (χ0n) is 17.5. The molecule has 5 nitrogen and oxygen atoms in total. The Bertz CT molecular complexity index is 1240. The van der Waals surface area contributed by atoms with Gasteiger partial charge in [-0.25, -0.2) is 9.79 Å². The Hall–Kier alpha value is -2.36. The third-order valence-corrected chi connectivity index (χ3v) is 6.20. The number of carbonyl (C=O) groups excluding carboxylic acids is 1. The Morgan fingerprint density at radius 3 is 2.52 bits per heavy atom. The fourth-order valence-corrected chi connectivity index (χ4v) is 4.15. The van der Waals surface area contributed by atoms with Gasteiger partial charge in [-0.1, -0.05) is 23.7 Å². The molecule has 168 valence electrons. The smallest absolute Gasteiger partial charge is 0.363 e. The first kappa shape index (κ1) is 23.8. The van der Waals surface area contributed by atoms with E-state index in [1.165, 1.54) is 0 Å². The lowest BCUT2D eigenvalue weighted by Crippen LogP contribution is -2.05. The molecule has 0 amide bonds. The second-order valence-corrected chi connectivity index (χ2v) is 9.56. The first-order valence-corrected chi connectivity index (χ1v) is 12.3. The molecule has 0 aromatic heterocycles. The number of cyclic esters (lactones) is 1. The molecule has 0 N–H and O–H groups in total. The lowest BCUT2D eigenvalue weighted by molar-refractivity contribution is -0.129. The zero-order valence-corrected chi connectivity index (χ0v) is 22.0. The van der Waals surface area contributed by atoms with Gasteiger partial charge in [0.05, 0.1) is 11.1 Å². The molecule has 0 atom stereocenters. The van der Waals surface area contributed by atoms with Crippen molar-refractivity contribution in [2.45, 2.75) is 13.5 Å². The van der Waals surface area contributed by atoms with Crippen LogP contribution in [0, 0.1) is 3.57 Å². The minimum Gasteiger partial charge on any atom is -0.490 e. The molecule has 0 saturated carbocycles. The van der Waals surface area contributed by atoms with Gasteiger partial charge in [0, 0.05) is 14.2 Å². The molecule has 0 saturated heterocycles. The van der Waals surface area contributed by atoms with Crippen LogP contribution < -0.4 is 9.47 Å². The maximum atomic E-state index is 12.4. The number of ether oxygens (including phenoxy) is 3. The third-order valence-electron chi connectivity index (χ3n) is 4.64. The summed E-state index contributed by atoms with van der Waals surface area (Å²) in [5, 5.41) is 0.672. The fourth-order valence-electron chi connectivity index (χ4n) is 3.09. The van der Waals surface area contributed by atoms with Gasteiger partial charge in [0.2, 0.25) is 5.90 Å². The predicted molar refractivity (Wildman–Crippen MR) is 141 cm³/mol. The highest BCUT2D eigenvalue weighted by Gasteiger charge is 2.24. The number of esters is 1. The summed E-state index contributed by atoms with van der Waals surface area (Å²) < 4.78 is 19.0. The lowest BCUT2D eigenvalue weighted by atomic mass is 10.1. The largest absolute Gasteiger partial charge is 0.490 e. The van der Waals surface area contributed by atoms with E-state index < -0.39 is 5.97 Å². The Kier molecular flexibility index (Phi) is 7.72. The number of hydrogen-bond donors (Lipinski definition) is 0. The summed E-state index contributed by atoms with van der Waals surface area (Å²) >= 11 is 11.7. The highest BCUT2D eigenvalue weighted by Crippen LogP contribution is 2.38. The fraction of sp³-hybridized carbons (Fsp3) is 0.120. The van der Waals surface area contributed by atoms with Crippen LogP contribution >= 0.6 is 50.1 Å². The molecule has 1 heterocycles. The van der Waals surface area contributed by atoms with Crippen molar-refractivity contribution < 1.29 is 19.0 Å². The van der Waals surface area contributed by atoms with Gasteiger partial charge in [0.1, 0.15) is 6.61 Å². The van der Waals surface area contributed by atoms with Crippen LogP contribution in [-0.2, 0) is 16.1 Å². The summed E-state index contributed by atoms with van der Waals surface area (Å²) in [4.78, 5) is 16.8. The molecular weight excluding hydrogens is 621 g/mol. The molecule has 8 heteroatoms. The second kappa shape index (κ2) is 10.7. The van der Waals surface area contributed by atoms with Crippen molar-refractivity contribution in [3.63, 3.8) is 0 Å². The van der Waals surface area contributed by atoms with Crippen molar-refractivity contribution in [3.05, 3.63) is 96.1 Å². The van der Waals surface area contributed by atoms with Crippen molar-refractivity contribution in [3.8, 4) is 11.5 Å². The minimum atomic E-state index is -0.499. The summed E-state index contributed by atoms with van der Waals surface area (Å²) in [5.41, 5.74) is 2.66. The van der Waals surface area contributed by atoms with Crippen LogP contribution in [0.4, 0.5) is 0 Å². The van der Waals surface area contributed by atoms with Crippen molar-refractivity contribution >= 4 is 68.1 Å². The van der Waals surface area contributed by atoms with Crippen molar-refractivity contribution in [1.82, 2.24) is 0 Å². The summed E-state index contributed by atoms with van der Waals surface area (Å²) in [7, 11) is 0. The van der Waals surface area contributed by atoms with Crippen LogP contribution in [0.15, 0.2) is 75.8 Å². The first-order valence-electron chi connectivity index (χ1n) is 10.0. The molecule has 33 heavy (non-hydrogen) atoms. The molecule has 0 bridgehead atoms. The molecule has 3 aromatic rings. The highest BCUT2D eigenvalue weighted by atomic mass is 127. The molecule has 1 aliphatic rings. The Morgan fingerprint density at radius 1 is 1.09 bits per heavy atom. The number of benzene rings is 3. The van der Waals surface area contributed by atoms with Gasteiger partial charge in [-0.3, -0.25) is 0 Å². The van der Waals surface area contributed by atoms with Gasteiger partial charge in [0.15, 0.2) is 17.2 Å². The van der Waals surface area contributed by atoms with Crippen molar-refractivity contribution in [1.29, 1.82) is 0 Å². The van der Waals surface area contributed by atoms with Crippen LogP contribution in [0.1, 0.15) is 23.6 Å². The first-order chi connectivity index (χ1) is 15.9. The molecule has 4 rings (SSSR count). The topological polar surface area (TPSA) is 57.1 Å². The number of carbonyl (C=O) groups is 1. The summed E-state index contributed by atoms with van der Waals surface area (Å²) in [5.74, 6) is 0.919. The number of nitrogens with zero attached hydrogens (tertiary/aromatic N) is 1. The lowest BCUT2D eigenvalue weighted by Gasteiger charge is -2.15. The van der Waals surface area contributed by atoms with Gasteiger partial charge in [-0.15, -0.1) is 0 Å². The van der Waals surface area contributed by atoms with Crippen LogP contribution in [-0.4, -0.2) is 18.5 Å². The van der Waals surface area contributed by atoms with Crippen LogP contribution in [0.5, 0.6) is 11.5 Å². The molecule has 0 radical (unpaired) electrons. The second-order valence-electron chi connectivity index (χ2n) is 7.02. The average molecular weight is 639 g/mol. The van der Waals surface area contributed by atoms with E-state index in [9.17, 15) is 4.79 Å². The van der Waals surface area contributed by atoms with Crippen molar-refractivity contribution in [2.75, 3.05) is 6.61 Å². The van der Waals surface area contributed by atoms with Crippen LogP contribution in [0.3, 0.4) is 0 Å². The molecule has 0 unspecified atom stereocenters. The maximum absolute atomic E-state index is 12.4. The summed E-state index contributed by atoms with van der Waals surface area (Å²) in [6.45, 7) is 2.71. The van der Waals surface area contributed by atoms with Gasteiger partial charge in [-0.2, -0.15) is 0 Å². The molecule has 0 aliphatic carbocycles. The van der Waals surface area contributed by atoms with E-state index in [2.05, 4.69) is 43.5 Å². The Morgan fingerprint density at radius 2 is 1.82 bits per heavy atom. The molecule has 1 aliphatic heterocycles. The van der Waals surface area contributed by atoms with Gasteiger partial charge in [-0.05, 0) is 111 Å².